The van der Waals surface area contributed by atoms with Gasteiger partial charge >= 0.3 is 5.97 Å². The number of nitrogens with zero attached hydrogens (tertiary/aromatic N) is 4. The maximum absolute atomic E-state index is 13.7. The van der Waals surface area contributed by atoms with Crippen molar-refractivity contribution in [2.75, 3.05) is 38.3 Å². The first-order valence-corrected chi connectivity index (χ1v) is 13.1. The molecule has 3 aliphatic heterocycles. The first kappa shape index (κ1) is 25.4. The molecule has 0 radical (unpaired) electrons. The number of esters is 1. The highest BCUT2D eigenvalue weighted by Gasteiger charge is 2.37. The van der Waals surface area contributed by atoms with E-state index in [9.17, 15) is 19.2 Å². The number of thiocarbonyl (C=S) groups is 1. The Balaban J connectivity index is 1.59. The highest BCUT2D eigenvalue weighted by Crippen LogP contribution is 2.35. The SMILES string of the molecule is COC(=O)CC1C(=O)NCCN1c1nc2ccccn2c(=O)c1/C=C1\SC(=S)N(CC2CCCO2)C1=O. The quantitative estimate of drug-likeness (QED) is 0.320. The average molecular weight is 544 g/mol. The van der Waals surface area contributed by atoms with Gasteiger partial charge < -0.3 is 19.7 Å². The lowest BCUT2D eigenvalue weighted by atomic mass is 10.1. The second-order valence-electron chi connectivity index (χ2n) is 8.79. The van der Waals surface area contributed by atoms with E-state index in [1.54, 1.807) is 29.3 Å². The highest BCUT2D eigenvalue weighted by atomic mass is 32.2. The number of nitrogens with one attached hydrogen (secondary N) is 1. The zero-order chi connectivity index (χ0) is 26.1. The van der Waals surface area contributed by atoms with Gasteiger partial charge in [0, 0.05) is 25.9 Å². The number of thioether (sulfide) groups is 1. The van der Waals surface area contributed by atoms with Gasteiger partial charge in [0.15, 0.2) is 0 Å². The Labute approximate surface area is 221 Å². The van der Waals surface area contributed by atoms with Gasteiger partial charge in [-0.15, -0.1) is 0 Å². The molecule has 5 rings (SSSR count). The fourth-order valence-electron chi connectivity index (χ4n) is 4.63. The summed E-state index contributed by atoms with van der Waals surface area (Å²) in [5.74, 6) is -1.04. The molecule has 0 aromatic carbocycles. The van der Waals surface area contributed by atoms with E-state index in [1.807, 2.05) is 0 Å². The normalized spacial score (nSPS) is 23.3. The van der Waals surface area contributed by atoms with E-state index in [-0.39, 0.29) is 40.6 Å². The maximum atomic E-state index is 13.7. The summed E-state index contributed by atoms with van der Waals surface area (Å²) < 4.78 is 12.2. The summed E-state index contributed by atoms with van der Waals surface area (Å²) in [5, 5.41) is 2.75. The van der Waals surface area contributed by atoms with Crippen molar-refractivity contribution < 1.29 is 23.9 Å². The van der Waals surface area contributed by atoms with Crippen LogP contribution in [0, 0.1) is 0 Å². The van der Waals surface area contributed by atoms with E-state index in [0.717, 1.165) is 24.6 Å². The van der Waals surface area contributed by atoms with Crippen LogP contribution in [-0.2, 0) is 23.9 Å². The van der Waals surface area contributed by atoms with Crippen molar-refractivity contribution in [3.05, 3.63) is 45.2 Å². The number of hydrogen-bond donors (Lipinski definition) is 1. The lowest BCUT2D eigenvalue weighted by molar-refractivity contribution is -0.143. The van der Waals surface area contributed by atoms with Crippen LogP contribution >= 0.6 is 24.0 Å². The van der Waals surface area contributed by atoms with Gasteiger partial charge in [-0.25, -0.2) is 4.98 Å². The third-order valence-corrected chi connectivity index (χ3v) is 7.88. The Morgan fingerprint density at radius 1 is 1.35 bits per heavy atom. The molecule has 194 valence electrons. The predicted molar refractivity (Wildman–Crippen MR) is 141 cm³/mol. The zero-order valence-corrected chi connectivity index (χ0v) is 21.7. The summed E-state index contributed by atoms with van der Waals surface area (Å²) in [6.45, 7) is 1.63. The minimum atomic E-state index is -0.930. The number of hydrogen-bond acceptors (Lipinski definition) is 10. The molecule has 5 heterocycles. The Morgan fingerprint density at radius 2 is 2.19 bits per heavy atom. The molecular weight excluding hydrogens is 518 g/mol. The van der Waals surface area contributed by atoms with Crippen molar-refractivity contribution in [3.63, 3.8) is 0 Å². The molecule has 13 heteroatoms. The Hall–Kier alpha value is -3.29. The van der Waals surface area contributed by atoms with Crippen molar-refractivity contribution in [2.24, 2.45) is 0 Å². The number of carbonyl (C=O) groups excluding carboxylic acids is 3. The Bertz CT molecular complexity index is 1370. The van der Waals surface area contributed by atoms with E-state index in [1.165, 1.54) is 22.5 Å². The minimum absolute atomic E-state index is 0.0729. The zero-order valence-electron chi connectivity index (χ0n) is 20.0. The van der Waals surface area contributed by atoms with Gasteiger partial charge in [0.2, 0.25) is 5.91 Å². The summed E-state index contributed by atoms with van der Waals surface area (Å²) in [7, 11) is 1.25. The number of amides is 2. The molecule has 11 nitrogen and oxygen atoms in total. The molecule has 3 fully saturated rings. The van der Waals surface area contributed by atoms with Crippen LogP contribution in [0.1, 0.15) is 24.8 Å². The van der Waals surface area contributed by atoms with Crippen LogP contribution in [-0.4, -0.2) is 81.9 Å². The Morgan fingerprint density at radius 3 is 2.95 bits per heavy atom. The number of rotatable bonds is 6. The average Bonchev–Trinajstić information content (AvgIpc) is 3.50. The fraction of sp³-hybridized carbons (Fsp3) is 0.417. The van der Waals surface area contributed by atoms with Crippen molar-refractivity contribution in [3.8, 4) is 0 Å². The lowest BCUT2D eigenvalue weighted by Gasteiger charge is -2.36. The van der Waals surface area contributed by atoms with Gasteiger partial charge in [-0.2, -0.15) is 0 Å². The smallest absolute Gasteiger partial charge is 0.308 e. The summed E-state index contributed by atoms with van der Waals surface area (Å²) in [5.41, 5.74) is 0.0899. The molecular formula is C24H25N5O6S2. The fourth-order valence-corrected chi connectivity index (χ4v) is 5.89. The number of ether oxygens (including phenoxy) is 2. The van der Waals surface area contributed by atoms with Crippen LogP contribution in [0.5, 0.6) is 0 Å². The molecule has 2 atom stereocenters. The van der Waals surface area contributed by atoms with Crippen molar-refractivity contribution in [1.29, 1.82) is 0 Å². The second-order valence-corrected chi connectivity index (χ2v) is 10.5. The van der Waals surface area contributed by atoms with Crippen molar-refractivity contribution in [2.45, 2.75) is 31.4 Å². The van der Waals surface area contributed by atoms with E-state index in [2.05, 4.69) is 5.32 Å². The van der Waals surface area contributed by atoms with Gasteiger partial charge in [0.1, 0.15) is 21.8 Å². The summed E-state index contributed by atoms with van der Waals surface area (Å²) in [6.07, 6.45) is 4.57. The molecule has 0 bridgehead atoms. The van der Waals surface area contributed by atoms with Gasteiger partial charge in [0.25, 0.3) is 11.5 Å². The van der Waals surface area contributed by atoms with Gasteiger partial charge in [-0.3, -0.25) is 28.5 Å². The van der Waals surface area contributed by atoms with Crippen molar-refractivity contribution in [1.82, 2.24) is 19.6 Å². The standard InChI is InChI=1S/C24H25N5O6S2/c1-34-19(30)12-16-21(31)25-7-9-27(16)20-15(22(32)28-8-3-2-6-18(28)26-20)11-17-23(33)29(24(36)37-17)13-14-5-4-10-35-14/h2-3,6,8,11,14,16H,4-5,7,9-10,12-13H2,1H3,(H,25,31)/b17-11-. The molecule has 2 aromatic rings. The molecule has 3 saturated heterocycles. The van der Waals surface area contributed by atoms with E-state index < -0.39 is 17.6 Å². The number of fused-ring (bicyclic) bond motifs is 1. The number of aromatic nitrogens is 2. The van der Waals surface area contributed by atoms with Crippen LogP contribution < -0.4 is 15.8 Å². The molecule has 2 unspecified atom stereocenters. The molecule has 1 N–H and O–H groups in total. The van der Waals surface area contributed by atoms with Crippen molar-refractivity contribution >= 4 is 63.6 Å². The molecule has 2 amide bonds. The molecule has 0 aliphatic carbocycles. The number of pyridine rings is 1. The van der Waals surface area contributed by atoms with Crippen LogP contribution in [0.25, 0.3) is 11.7 Å². The monoisotopic (exact) mass is 543 g/mol. The molecule has 0 spiro atoms. The first-order chi connectivity index (χ1) is 17.9. The number of piperazine rings is 1. The third-order valence-electron chi connectivity index (χ3n) is 6.50. The largest absolute Gasteiger partial charge is 0.469 e. The van der Waals surface area contributed by atoms with Gasteiger partial charge in [0.05, 0.1) is 36.6 Å². The van der Waals surface area contributed by atoms with Crippen LogP contribution in [0.2, 0.25) is 0 Å². The van der Waals surface area contributed by atoms with E-state index in [0.29, 0.717) is 36.2 Å². The highest BCUT2D eigenvalue weighted by molar-refractivity contribution is 8.26. The second kappa shape index (κ2) is 10.6. The molecule has 0 saturated carbocycles. The molecule has 2 aromatic heterocycles. The molecule has 37 heavy (non-hydrogen) atoms. The number of methoxy groups -OCH3 is 1. The van der Waals surface area contributed by atoms with Crippen LogP contribution in [0.3, 0.4) is 0 Å². The minimum Gasteiger partial charge on any atom is -0.469 e. The lowest BCUT2D eigenvalue weighted by Crippen LogP contribution is -2.57. The number of carbonyl (C=O) groups is 3. The summed E-state index contributed by atoms with van der Waals surface area (Å²) >= 11 is 6.58. The topological polar surface area (TPSA) is 123 Å². The van der Waals surface area contributed by atoms with Gasteiger partial charge in [-0.05, 0) is 31.1 Å². The maximum Gasteiger partial charge on any atom is 0.308 e. The number of anilines is 1. The van der Waals surface area contributed by atoms with Crippen LogP contribution in [0.4, 0.5) is 5.82 Å². The van der Waals surface area contributed by atoms with E-state index in [4.69, 9.17) is 26.7 Å². The Kier molecular flexibility index (Phi) is 7.26. The molecule has 3 aliphatic rings. The first-order valence-electron chi connectivity index (χ1n) is 11.9. The summed E-state index contributed by atoms with van der Waals surface area (Å²) in [6, 6.07) is 4.20. The summed E-state index contributed by atoms with van der Waals surface area (Å²) in [4.78, 5) is 59.9. The van der Waals surface area contributed by atoms with Crippen LogP contribution in [0.15, 0.2) is 34.1 Å². The van der Waals surface area contributed by atoms with E-state index >= 15 is 0 Å². The third kappa shape index (κ3) is 4.98. The van der Waals surface area contributed by atoms with Gasteiger partial charge in [-0.1, -0.05) is 30.0 Å². The predicted octanol–water partition coefficient (Wildman–Crippen LogP) is 0.943.